The molecule has 1 unspecified atom stereocenters. The van der Waals surface area contributed by atoms with Crippen molar-refractivity contribution in [2.75, 3.05) is 40.0 Å². The van der Waals surface area contributed by atoms with E-state index in [-0.39, 0.29) is 5.91 Å². The summed E-state index contributed by atoms with van der Waals surface area (Å²) in [6, 6.07) is 7.30. The third-order valence-electron chi connectivity index (χ3n) is 7.27. The first-order valence-electron chi connectivity index (χ1n) is 13.9. The van der Waals surface area contributed by atoms with E-state index in [1.54, 1.807) is 19.3 Å². The number of allylic oxidation sites excluding steroid dienone is 1. The highest BCUT2D eigenvalue weighted by Gasteiger charge is 2.30. The molecule has 8 nitrogen and oxygen atoms in total. The molecule has 0 radical (unpaired) electrons. The Hall–Kier alpha value is -3.68. The van der Waals surface area contributed by atoms with Crippen molar-refractivity contribution in [2.45, 2.75) is 57.8 Å². The molecule has 39 heavy (non-hydrogen) atoms. The van der Waals surface area contributed by atoms with Gasteiger partial charge in [-0.2, -0.15) is 0 Å². The molecule has 0 spiro atoms. The first-order chi connectivity index (χ1) is 19.0. The number of amides is 1. The number of aliphatic carboxylic acids is 1. The van der Waals surface area contributed by atoms with Crippen LogP contribution >= 0.6 is 0 Å². The number of rotatable bonds is 13. The van der Waals surface area contributed by atoms with Gasteiger partial charge in [0.05, 0.1) is 38.4 Å². The molecule has 1 fully saturated rings. The third-order valence-corrected chi connectivity index (χ3v) is 7.27. The largest absolute Gasteiger partial charge is 0.495 e. The Morgan fingerprint density at radius 1 is 1.10 bits per heavy atom. The molecule has 2 aliphatic rings. The minimum atomic E-state index is -0.825. The minimum absolute atomic E-state index is 0.0128. The third kappa shape index (κ3) is 6.32. The number of nitrogens with zero attached hydrogens (tertiary/aromatic N) is 1. The standard InChI is InChI=1S/C31H39NO7/c1-4-9-23-26(14-12-25(28(23)36-3)30(33)32-16-6-7-17-32)37-18-8-19-38-27-13-11-21-22(31(34)35)15-20-39-29(21)24(27)10-5-2/h4,11-14,22H,1,5-10,15-20H2,2-3H3,(H,34,35). The van der Waals surface area contributed by atoms with Crippen molar-refractivity contribution in [1.82, 2.24) is 4.90 Å². The van der Waals surface area contributed by atoms with Crippen LogP contribution in [0.25, 0.3) is 0 Å². The van der Waals surface area contributed by atoms with E-state index in [1.165, 1.54) is 0 Å². The molecule has 2 aliphatic heterocycles. The predicted octanol–water partition coefficient (Wildman–Crippen LogP) is 5.41. The summed E-state index contributed by atoms with van der Waals surface area (Å²) in [7, 11) is 1.58. The Balaban J connectivity index is 1.41. The number of carboxylic acid groups (broad SMARTS) is 1. The predicted molar refractivity (Wildman–Crippen MR) is 149 cm³/mol. The van der Waals surface area contributed by atoms with Gasteiger partial charge in [0.1, 0.15) is 23.0 Å². The number of benzene rings is 2. The van der Waals surface area contributed by atoms with E-state index in [0.29, 0.717) is 61.9 Å². The lowest BCUT2D eigenvalue weighted by Crippen LogP contribution is -2.28. The molecule has 2 aromatic rings. The Bertz CT molecular complexity index is 1190. The molecular weight excluding hydrogens is 498 g/mol. The molecule has 8 heteroatoms. The van der Waals surface area contributed by atoms with Crippen molar-refractivity contribution in [3.8, 4) is 23.0 Å². The van der Waals surface area contributed by atoms with Gasteiger partial charge in [-0.1, -0.05) is 25.5 Å². The monoisotopic (exact) mass is 537 g/mol. The van der Waals surface area contributed by atoms with Crippen molar-refractivity contribution in [1.29, 1.82) is 0 Å². The lowest BCUT2D eigenvalue weighted by atomic mass is 9.90. The van der Waals surface area contributed by atoms with Crippen LogP contribution in [0.4, 0.5) is 0 Å². The van der Waals surface area contributed by atoms with Crippen LogP contribution in [0, 0.1) is 0 Å². The first-order valence-corrected chi connectivity index (χ1v) is 13.9. The van der Waals surface area contributed by atoms with Gasteiger partial charge in [0.2, 0.25) is 0 Å². The van der Waals surface area contributed by atoms with E-state index in [2.05, 4.69) is 13.5 Å². The quantitative estimate of drug-likeness (QED) is 0.270. The van der Waals surface area contributed by atoms with Crippen LogP contribution in [0.5, 0.6) is 23.0 Å². The smallest absolute Gasteiger partial charge is 0.311 e. The van der Waals surface area contributed by atoms with Gasteiger partial charge < -0.3 is 29.0 Å². The van der Waals surface area contributed by atoms with Crippen LogP contribution in [-0.2, 0) is 17.6 Å². The minimum Gasteiger partial charge on any atom is -0.495 e. The number of carbonyl (C=O) groups is 2. The number of carbonyl (C=O) groups excluding carboxylic acids is 1. The number of methoxy groups -OCH3 is 1. The van der Waals surface area contributed by atoms with Gasteiger partial charge in [0, 0.05) is 36.2 Å². The highest BCUT2D eigenvalue weighted by Crippen LogP contribution is 2.41. The lowest BCUT2D eigenvalue weighted by molar-refractivity contribution is -0.139. The van der Waals surface area contributed by atoms with Crippen molar-refractivity contribution in [2.24, 2.45) is 0 Å². The van der Waals surface area contributed by atoms with E-state index in [1.807, 2.05) is 23.1 Å². The summed E-state index contributed by atoms with van der Waals surface area (Å²) in [6.07, 6.45) is 7.08. The second-order valence-corrected chi connectivity index (χ2v) is 9.90. The fourth-order valence-corrected chi connectivity index (χ4v) is 5.38. The Kier molecular flexibility index (Phi) is 9.74. The maximum Gasteiger partial charge on any atom is 0.311 e. The number of hydrogen-bond donors (Lipinski definition) is 1. The maximum atomic E-state index is 13.1. The van der Waals surface area contributed by atoms with Crippen molar-refractivity contribution >= 4 is 11.9 Å². The molecule has 0 aromatic heterocycles. The zero-order chi connectivity index (χ0) is 27.8. The molecule has 1 N–H and O–H groups in total. The van der Waals surface area contributed by atoms with E-state index in [0.717, 1.165) is 61.2 Å². The summed E-state index contributed by atoms with van der Waals surface area (Å²) >= 11 is 0. The van der Waals surface area contributed by atoms with Crippen LogP contribution in [0.15, 0.2) is 36.9 Å². The number of carboxylic acids is 1. The molecule has 1 atom stereocenters. The first kappa shape index (κ1) is 28.3. The molecule has 0 aliphatic carbocycles. The van der Waals surface area contributed by atoms with Gasteiger partial charge in [-0.3, -0.25) is 9.59 Å². The van der Waals surface area contributed by atoms with Gasteiger partial charge in [-0.25, -0.2) is 0 Å². The van der Waals surface area contributed by atoms with E-state index in [9.17, 15) is 14.7 Å². The summed E-state index contributed by atoms with van der Waals surface area (Å²) in [5.74, 6) is 1.20. The molecule has 0 saturated carbocycles. The van der Waals surface area contributed by atoms with Crippen molar-refractivity contribution < 1.29 is 33.6 Å². The summed E-state index contributed by atoms with van der Waals surface area (Å²) in [5.41, 5.74) is 3.01. The summed E-state index contributed by atoms with van der Waals surface area (Å²) in [6.45, 7) is 8.71. The maximum absolute atomic E-state index is 13.1. The molecular formula is C31H39NO7. The van der Waals surface area contributed by atoms with Crippen LogP contribution in [-0.4, -0.2) is 61.9 Å². The second kappa shape index (κ2) is 13.4. The van der Waals surface area contributed by atoms with Gasteiger partial charge in [0.15, 0.2) is 0 Å². The number of fused-ring (bicyclic) bond motifs is 1. The van der Waals surface area contributed by atoms with Gasteiger partial charge in [-0.15, -0.1) is 6.58 Å². The zero-order valence-corrected chi connectivity index (χ0v) is 23.0. The van der Waals surface area contributed by atoms with Crippen molar-refractivity contribution in [3.05, 3.63) is 59.2 Å². The van der Waals surface area contributed by atoms with E-state index >= 15 is 0 Å². The molecule has 2 aromatic carbocycles. The molecule has 1 saturated heterocycles. The summed E-state index contributed by atoms with van der Waals surface area (Å²) in [5, 5.41) is 9.61. The molecule has 0 bridgehead atoms. The number of ether oxygens (including phenoxy) is 4. The van der Waals surface area contributed by atoms with Gasteiger partial charge in [-0.05, 0) is 50.3 Å². The van der Waals surface area contributed by atoms with Crippen LogP contribution in [0.1, 0.15) is 72.0 Å². The van der Waals surface area contributed by atoms with Crippen LogP contribution in [0.2, 0.25) is 0 Å². The lowest BCUT2D eigenvalue weighted by Gasteiger charge is -2.26. The molecule has 1 amide bonds. The number of hydrogen-bond acceptors (Lipinski definition) is 6. The van der Waals surface area contributed by atoms with Crippen LogP contribution < -0.4 is 18.9 Å². The van der Waals surface area contributed by atoms with Crippen molar-refractivity contribution in [3.63, 3.8) is 0 Å². The Morgan fingerprint density at radius 2 is 1.79 bits per heavy atom. The highest BCUT2D eigenvalue weighted by atomic mass is 16.5. The fourth-order valence-electron chi connectivity index (χ4n) is 5.38. The highest BCUT2D eigenvalue weighted by molar-refractivity contribution is 5.98. The average Bonchev–Trinajstić information content (AvgIpc) is 3.49. The number of likely N-dealkylation sites (tertiary alicyclic amines) is 1. The topological polar surface area (TPSA) is 94.5 Å². The van der Waals surface area contributed by atoms with E-state index < -0.39 is 11.9 Å². The summed E-state index contributed by atoms with van der Waals surface area (Å²) in [4.78, 5) is 26.7. The zero-order valence-electron chi connectivity index (χ0n) is 23.0. The van der Waals surface area contributed by atoms with Gasteiger partial charge >= 0.3 is 5.97 Å². The molecule has 4 rings (SSSR count). The molecule has 2 heterocycles. The summed E-state index contributed by atoms with van der Waals surface area (Å²) < 4.78 is 23.8. The Labute approximate surface area is 230 Å². The van der Waals surface area contributed by atoms with E-state index in [4.69, 9.17) is 18.9 Å². The van der Waals surface area contributed by atoms with Crippen LogP contribution in [0.3, 0.4) is 0 Å². The normalized spacial score (nSPS) is 16.3. The average molecular weight is 538 g/mol. The fraction of sp³-hybridized carbons (Fsp3) is 0.484. The Morgan fingerprint density at radius 3 is 2.44 bits per heavy atom. The van der Waals surface area contributed by atoms with Gasteiger partial charge in [0.25, 0.3) is 5.91 Å². The molecule has 210 valence electrons. The second-order valence-electron chi connectivity index (χ2n) is 9.90. The SMILES string of the molecule is C=CCc1c(OCCCOc2ccc3c(c2CCC)OCCC3C(=O)O)ccc(C(=O)N2CCCC2)c1OC.